The Balaban J connectivity index is 1.74. The zero-order valence-corrected chi connectivity index (χ0v) is 16.3. The average Bonchev–Trinajstić information content (AvgIpc) is 2.81. The third-order valence-electron chi connectivity index (χ3n) is 5.67. The van der Waals surface area contributed by atoms with Crippen LogP contribution in [0.25, 0.3) is 6.08 Å². The van der Waals surface area contributed by atoms with Crippen LogP contribution in [0.2, 0.25) is 0 Å². The maximum absolute atomic E-state index is 12.8. The van der Waals surface area contributed by atoms with Crippen LogP contribution < -0.4 is 0 Å². The lowest BCUT2D eigenvalue weighted by molar-refractivity contribution is -0.127. The fourth-order valence-corrected chi connectivity index (χ4v) is 3.87. The number of likely N-dealkylation sites (tertiary alicyclic amines) is 1. The highest BCUT2D eigenvalue weighted by Gasteiger charge is 2.37. The van der Waals surface area contributed by atoms with E-state index >= 15 is 0 Å². The van der Waals surface area contributed by atoms with E-state index < -0.39 is 12.2 Å². The topological polar surface area (TPSA) is 91.1 Å². The van der Waals surface area contributed by atoms with E-state index in [0.717, 1.165) is 17.0 Å². The summed E-state index contributed by atoms with van der Waals surface area (Å²) >= 11 is 0. The summed E-state index contributed by atoms with van der Waals surface area (Å²) in [5, 5.41) is 25.2. The highest BCUT2D eigenvalue weighted by molar-refractivity contribution is 5.92. The molecule has 3 atom stereocenters. The molecule has 0 spiro atoms. The summed E-state index contributed by atoms with van der Waals surface area (Å²) in [6.07, 6.45) is 2.04. The molecule has 8 heteroatoms. The van der Waals surface area contributed by atoms with Crippen molar-refractivity contribution < 1.29 is 19.7 Å². The molecule has 27 heavy (non-hydrogen) atoms. The van der Waals surface area contributed by atoms with Crippen molar-refractivity contribution in [1.82, 2.24) is 19.6 Å². The van der Waals surface area contributed by atoms with Gasteiger partial charge in [0.25, 0.3) is 0 Å². The van der Waals surface area contributed by atoms with Gasteiger partial charge in [0, 0.05) is 50.6 Å². The molecule has 2 aliphatic rings. The van der Waals surface area contributed by atoms with E-state index in [1.807, 2.05) is 27.0 Å². The van der Waals surface area contributed by atoms with Crippen molar-refractivity contribution in [2.24, 2.45) is 7.05 Å². The molecule has 1 aromatic rings. The number of aromatic nitrogens is 2. The molecule has 1 aromatic heterocycles. The number of aliphatic hydroxyl groups is 2. The van der Waals surface area contributed by atoms with Gasteiger partial charge < -0.3 is 19.8 Å². The highest BCUT2D eigenvalue weighted by Crippen LogP contribution is 2.20. The van der Waals surface area contributed by atoms with E-state index in [9.17, 15) is 15.0 Å². The number of hydrogen-bond acceptors (Lipinski definition) is 6. The van der Waals surface area contributed by atoms with Gasteiger partial charge in [0.1, 0.15) is 0 Å². The molecule has 0 bridgehead atoms. The second kappa shape index (κ2) is 8.52. The number of morpholine rings is 1. The van der Waals surface area contributed by atoms with Crippen LogP contribution in [0.5, 0.6) is 0 Å². The zero-order valence-electron chi connectivity index (χ0n) is 16.3. The predicted octanol–water partition coefficient (Wildman–Crippen LogP) is -0.295. The maximum atomic E-state index is 12.8. The average molecular weight is 378 g/mol. The predicted molar refractivity (Wildman–Crippen MR) is 101 cm³/mol. The first kappa shape index (κ1) is 20.0. The quantitative estimate of drug-likeness (QED) is 0.702. The smallest absolute Gasteiger partial charge is 0.246 e. The standard InChI is InChI=1S/C19H30N4O4/c1-13-15(14(2)21(3)20-13)4-5-18(25)23-7-6-17(24)19(26)16(12-23)22-8-10-27-11-9-22/h4-5,16-17,19,24,26H,6-12H2,1-3H3/b5-4+/t16-,17-,19+/m1/s1. The first-order valence-corrected chi connectivity index (χ1v) is 9.53. The Labute approximate surface area is 160 Å². The van der Waals surface area contributed by atoms with Crippen molar-refractivity contribution in [3.05, 3.63) is 23.0 Å². The van der Waals surface area contributed by atoms with Crippen LogP contribution in [0.4, 0.5) is 0 Å². The van der Waals surface area contributed by atoms with Crippen molar-refractivity contribution >= 4 is 12.0 Å². The number of nitrogens with zero attached hydrogens (tertiary/aromatic N) is 4. The lowest BCUT2D eigenvalue weighted by atomic mass is 10.0. The number of hydrogen-bond donors (Lipinski definition) is 2. The minimum Gasteiger partial charge on any atom is -0.390 e. The number of ether oxygens (including phenoxy) is 1. The van der Waals surface area contributed by atoms with E-state index in [1.54, 1.807) is 15.7 Å². The Kier molecular flexibility index (Phi) is 6.31. The molecular formula is C19H30N4O4. The van der Waals surface area contributed by atoms with Gasteiger partial charge in [0.15, 0.2) is 0 Å². The molecule has 2 aliphatic heterocycles. The highest BCUT2D eigenvalue weighted by atomic mass is 16.5. The summed E-state index contributed by atoms with van der Waals surface area (Å²) in [5.41, 5.74) is 2.84. The third kappa shape index (κ3) is 4.40. The van der Waals surface area contributed by atoms with Crippen molar-refractivity contribution in [3.8, 4) is 0 Å². The van der Waals surface area contributed by atoms with E-state index in [1.165, 1.54) is 0 Å². The molecule has 2 fully saturated rings. The van der Waals surface area contributed by atoms with Gasteiger partial charge in [-0.2, -0.15) is 5.10 Å². The fourth-order valence-electron chi connectivity index (χ4n) is 3.87. The Bertz CT molecular complexity index is 696. The molecule has 0 aliphatic carbocycles. The number of carbonyl (C=O) groups excluding carboxylic acids is 1. The molecule has 0 aromatic carbocycles. The van der Waals surface area contributed by atoms with Gasteiger partial charge in [-0.15, -0.1) is 0 Å². The monoisotopic (exact) mass is 378 g/mol. The van der Waals surface area contributed by atoms with Crippen LogP contribution in [0.3, 0.4) is 0 Å². The maximum Gasteiger partial charge on any atom is 0.246 e. The molecule has 1 amide bonds. The van der Waals surface area contributed by atoms with Gasteiger partial charge >= 0.3 is 0 Å². The number of aliphatic hydroxyl groups excluding tert-OH is 2. The molecule has 2 saturated heterocycles. The largest absolute Gasteiger partial charge is 0.390 e. The van der Waals surface area contributed by atoms with Crippen LogP contribution >= 0.6 is 0 Å². The molecule has 3 rings (SSSR count). The second-order valence-corrected chi connectivity index (χ2v) is 7.39. The van der Waals surface area contributed by atoms with E-state index in [0.29, 0.717) is 45.8 Å². The Morgan fingerprint density at radius 1 is 1.22 bits per heavy atom. The van der Waals surface area contributed by atoms with E-state index in [4.69, 9.17) is 4.74 Å². The van der Waals surface area contributed by atoms with Crippen LogP contribution in [0, 0.1) is 13.8 Å². The van der Waals surface area contributed by atoms with Crippen molar-refractivity contribution in [1.29, 1.82) is 0 Å². The zero-order chi connectivity index (χ0) is 19.6. The Morgan fingerprint density at radius 3 is 2.56 bits per heavy atom. The minimum atomic E-state index is -0.868. The lowest BCUT2D eigenvalue weighted by Crippen LogP contribution is -2.55. The Morgan fingerprint density at radius 2 is 1.93 bits per heavy atom. The molecule has 150 valence electrons. The van der Waals surface area contributed by atoms with Crippen LogP contribution in [0.15, 0.2) is 6.08 Å². The number of amides is 1. The molecule has 3 heterocycles. The number of aryl methyl sites for hydroxylation is 2. The normalized spacial score (nSPS) is 27.9. The minimum absolute atomic E-state index is 0.114. The number of rotatable bonds is 3. The number of carbonyl (C=O) groups is 1. The summed E-state index contributed by atoms with van der Waals surface area (Å²) in [4.78, 5) is 16.6. The molecular weight excluding hydrogens is 348 g/mol. The van der Waals surface area contributed by atoms with Gasteiger partial charge in [0.05, 0.1) is 37.2 Å². The van der Waals surface area contributed by atoms with Crippen molar-refractivity contribution in [2.45, 2.75) is 38.5 Å². The van der Waals surface area contributed by atoms with Gasteiger partial charge in [-0.3, -0.25) is 14.4 Å². The van der Waals surface area contributed by atoms with Gasteiger partial charge in [-0.1, -0.05) is 0 Å². The van der Waals surface area contributed by atoms with Gasteiger partial charge in [-0.25, -0.2) is 0 Å². The van der Waals surface area contributed by atoms with Crippen molar-refractivity contribution in [3.63, 3.8) is 0 Å². The third-order valence-corrected chi connectivity index (χ3v) is 5.67. The van der Waals surface area contributed by atoms with E-state index in [-0.39, 0.29) is 11.9 Å². The molecule has 8 nitrogen and oxygen atoms in total. The SMILES string of the molecule is Cc1nn(C)c(C)c1/C=C/C(=O)N1CC[C@@H](O)[C@@H](O)[C@H](N2CCOCC2)C1. The molecule has 0 saturated carbocycles. The molecule has 2 N–H and O–H groups in total. The summed E-state index contributed by atoms with van der Waals surface area (Å²) in [6, 6.07) is -0.286. The summed E-state index contributed by atoms with van der Waals surface area (Å²) < 4.78 is 7.18. The van der Waals surface area contributed by atoms with Crippen molar-refractivity contribution in [2.75, 3.05) is 39.4 Å². The van der Waals surface area contributed by atoms with E-state index in [2.05, 4.69) is 10.00 Å². The van der Waals surface area contributed by atoms with Crippen LogP contribution in [-0.4, -0.2) is 93.3 Å². The van der Waals surface area contributed by atoms with Gasteiger partial charge in [0.2, 0.25) is 5.91 Å². The van der Waals surface area contributed by atoms with Gasteiger partial charge in [-0.05, 0) is 26.3 Å². The molecule has 0 unspecified atom stereocenters. The molecule has 0 radical (unpaired) electrons. The summed E-state index contributed by atoms with van der Waals surface area (Å²) in [5.74, 6) is -0.114. The summed E-state index contributed by atoms with van der Waals surface area (Å²) in [6.45, 7) is 7.31. The first-order chi connectivity index (χ1) is 12.9. The van der Waals surface area contributed by atoms with Crippen LogP contribution in [-0.2, 0) is 16.6 Å². The summed E-state index contributed by atoms with van der Waals surface area (Å²) in [7, 11) is 1.88. The first-order valence-electron chi connectivity index (χ1n) is 9.53. The Hall–Kier alpha value is -1.74. The van der Waals surface area contributed by atoms with Crippen LogP contribution in [0.1, 0.15) is 23.4 Å². The fraction of sp³-hybridized carbons (Fsp3) is 0.684. The lowest BCUT2D eigenvalue weighted by Gasteiger charge is -2.38. The second-order valence-electron chi connectivity index (χ2n) is 7.39.